The lowest BCUT2D eigenvalue weighted by atomic mass is 10.3. The van der Waals surface area contributed by atoms with Gasteiger partial charge < -0.3 is 15.5 Å². The van der Waals surface area contributed by atoms with E-state index in [1.807, 2.05) is 0 Å². The third-order valence-electron chi connectivity index (χ3n) is 2.04. The van der Waals surface area contributed by atoms with Crippen molar-refractivity contribution in [2.75, 3.05) is 39.9 Å². The van der Waals surface area contributed by atoms with Gasteiger partial charge in [0.1, 0.15) is 0 Å². The molecule has 0 aromatic rings. The zero-order chi connectivity index (χ0) is 7.94. The molecule has 3 nitrogen and oxygen atoms in total. The Kier molecular flexibility index (Phi) is 4.50. The highest BCUT2D eigenvalue weighted by Gasteiger charge is 1.99. The molecule has 0 saturated carbocycles. The maximum Gasteiger partial charge on any atom is 0.0454 e. The van der Waals surface area contributed by atoms with Crippen LogP contribution in [0.3, 0.4) is 0 Å². The third-order valence-corrected chi connectivity index (χ3v) is 2.04. The van der Waals surface area contributed by atoms with Crippen molar-refractivity contribution in [1.82, 2.24) is 15.5 Å². The molecule has 1 saturated heterocycles. The number of nitrogens with one attached hydrogen (secondary N) is 2. The Hall–Kier alpha value is -0.120. The van der Waals surface area contributed by atoms with Crippen LogP contribution >= 0.6 is 0 Å². The smallest absolute Gasteiger partial charge is 0.0454 e. The highest BCUT2D eigenvalue weighted by atomic mass is 15.1. The van der Waals surface area contributed by atoms with E-state index in [4.69, 9.17) is 0 Å². The lowest BCUT2D eigenvalue weighted by Gasteiger charge is -2.18. The van der Waals surface area contributed by atoms with E-state index in [1.165, 1.54) is 25.9 Å². The fourth-order valence-corrected chi connectivity index (χ4v) is 1.32. The van der Waals surface area contributed by atoms with Crippen LogP contribution in [0.4, 0.5) is 0 Å². The van der Waals surface area contributed by atoms with Gasteiger partial charge in [-0.05, 0) is 46.1 Å². The number of rotatable bonds is 0. The Labute approximate surface area is 69.1 Å². The molecule has 0 bridgehead atoms. The third kappa shape index (κ3) is 4.35. The van der Waals surface area contributed by atoms with Crippen LogP contribution in [-0.4, -0.2) is 44.8 Å². The van der Waals surface area contributed by atoms with E-state index >= 15 is 0 Å². The van der Waals surface area contributed by atoms with Crippen molar-refractivity contribution in [2.24, 2.45) is 0 Å². The molecule has 2 N–H and O–H groups in total. The molecule has 0 aromatic heterocycles. The predicted octanol–water partition coefficient (Wildman–Crippen LogP) is -0.151. The molecule has 0 aromatic carbocycles. The first-order valence-electron chi connectivity index (χ1n) is 4.49. The second kappa shape index (κ2) is 5.52. The van der Waals surface area contributed by atoms with Gasteiger partial charge in [0.25, 0.3) is 0 Å². The fraction of sp³-hybridized carbons (Fsp3) is 1.00. The minimum atomic E-state index is 0.976. The van der Waals surface area contributed by atoms with Crippen LogP contribution in [0.15, 0.2) is 0 Å². The van der Waals surface area contributed by atoms with Crippen LogP contribution < -0.4 is 10.6 Å². The second-order valence-electron chi connectivity index (χ2n) is 3.19. The minimum Gasteiger partial charge on any atom is -0.306 e. The number of hydrogen-bond donors (Lipinski definition) is 2. The maximum atomic E-state index is 3.34. The van der Waals surface area contributed by atoms with E-state index < -0.39 is 0 Å². The normalized spacial score (nSPS) is 24.8. The lowest BCUT2D eigenvalue weighted by molar-refractivity contribution is 0.311. The van der Waals surface area contributed by atoms with Crippen molar-refractivity contribution >= 4 is 0 Å². The van der Waals surface area contributed by atoms with E-state index in [1.54, 1.807) is 0 Å². The Balaban J connectivity index is 2.12. The summed E-state index contributed by atoms with van der Waals surface area (Å²) in [4.78, 5) is 2.40. The fourth-order valence-electron chi connectivity index (χ4n) is 1.32. The zero-order valence-electron chi connectivity index (χ0n) is 7.40. The van der Waals surface area contributed by atoms with E-state index in [2.05, 4.69) is 22.6 Å². The SMILES string of the molecule is CN1CCCNCNCCC1. The van der Waals surface area contributed by atoms with Crippen LogP contribution in [0.1, 0.15) is 12.8 Å². The second-order valence-corrected chi connectivity index (χ2v) is 3.19. The molecule has 1 rings (SSSR count). The molecule has 0 aliphatic carbocycles. The molecule has 0 radical (unpaired) electrons. The van der Waals surface area contributed by atoms with Gasteiger partial charge in [0.15, 0.2) is 0 Å². The molecule has 0 spiro atoms. The van der Waals surface area contributed by atoms with E-state index in [-0.39, 0.29) is 0 Å². The molecule has 1 fully saturated rings. The average molecular weight is 157 g/mol. The first kappa shape index (κ1) is 8.97. The Morgan fingerprint density at radius 3 is 2.09 bits per heavy atom. The monoisotopic (exact) mass is 157 g/mol. The van der Waals surface area contributed by atoms with Gasteiger partial charge in [0.05, 0.1) is 0 Å². The molecule has 11 heavy (non-hydrogen) atoms. The summed E-state index contributed by atoms with van der Waals surface area (Å²) in [6.07, 6.45) is 2.52. The van der Waals surface area contributed by atoms with Crippen molar-refractivity contribution in [3.8, 4) is 0 Å². The molecule has 0 amide bonds. The first-order valence-corrected chi connectivity index (χ1v) is 4.49. The summed E-state index contributed by atoms with van der Waals surface area (Å²) in [6.45, 7) is 5.71. The molecular weight excluding hydrogens is 138 g/mol. The topological polar surface area (TPSA) is 27.3 Å². The molecular formula is C8H19N3. The van der Waals surface area contributed by atoms with Gasteiger partial charge in [-0.1, -0.05) is 0 Å². The molecule has 66 valence electrons. The summed E-state index contributed by atoms with van der Waals surface area (Å²) in [5, 5.41) is 6.68. The van der Waals surface area contributed by atoms with Crippen molar-refractivity contribution in [1.29, 1.82) is 0 Å². The summed E-state index contributed by atoms with van der Waals surface area (Å²) >= 11 is 0. The first-order chi connectivity index (χ1) is 5.39. The molecule has 1 aliphatic rings. The number of hydrogen-bond acceptors (Lipinski definition) is 3. The quantitative estimate of drug-likeness (QED) is 0.512. The summed E-state index contributed by atoms with van der Waals surface area (Å²) < 4.78 is 0. The van der Waals surface area contributed by atoms with Gasteiger partial charge in [-0.2, -0.15) is 0 Å². The van der Waals surface area contributed by atoms with Crippen molar-refractivity contribution in [3.63, 3.8) is 0 Å². The van der Waals surface area contributed by atoms with Crippen molar-refractivity contribution in [2.45, 2.75) is 12.8 Å². The molecule has 1 heterocycles. The van der Waals surface area contributed by atoms with Gasteiger partial charge in [0.2, 0.25) is 0 Å². The number of nitrogens with zero attached hydrogens (tertiary/aromatic N) is 1. The highest BCUT2D eigenvalue weighted by Crippen LogP contribution is 1.89. The van der Waals surface area contributed by atoms with Crippen molar-refractivity contribution < 1.29 is 0 Å². The summed E-state index contributed by atoms with van der Waals surface area (Å²) in [5.74, 6) is 0. The van der Waals surface area contributed by atoms with Gasteiger partial charge in [-0.25, -0.2) is 0 Å². The van der Waals surface area contributed by atoms with E-state index in [0.29, 0.717) is 0 Å². The van der Waals surface area contributed by atoms with Crippen LogP contribution in [0.2, 0.25) is 0 Å². The van der Waals surface area contributed by atoms with Gasteiger partial charge in [-0.3, -0.25) is 0 Å². The van der Waals surface area contributed by atoms with Gasteiger partial charge in [0, 0.05) is 6.67 Å². The Morgan fingerprint density at radius 2 is 1.55 bits per heavy atom. The van der Waals surface area contributed by atoms with Crippen LogP contribution in [0.25, 0.3) is 0 Å². The highest BCUT2D eigenvalue weighted by molar-refractivity contribution is 4.58. The zero-order valence-corrected chi connectivity index (χ0v) is 7.40. The van der Waals surface area contributed by atoms with E-state index in [0.717, 1.165) is 19.8 Å². The standard InChI is InChI=1S/C8H19N3/c1-11-6-2-4-9-8-10-5-3-7-11/h9-10H,2-8H2,1H3. The Bertz CT molecular complexity index is 85.3. The van der Waals surface area contributed by atoms with Crippen LogP contribution in [-0.2, 0) is 0 Å². The van der Waals surface area contributed by atoms with Crippen molar-refractivity contribution in [3.05, 3.63) is 0 Å². The predicted molar refractivity (Wildman–Crippen MR) is 47.6 cm³/mol. The molecule has 3 heteroatoms. The summed E-state index contributed by atoms with van der Waals surface area (Å²) in [5.41, 5.74) is 0. The molecule has 0 atom stereocenters. The van der Waals surface area contributed by atoms with Gasteiger partial charge >= 0.3 is 0 Å². The molecule has 1 aliphatic heterocycles. The Morgan fingerprint density at radius 1 is 1.00 bits per heavy atom. The summed E-state index contributed by atoms with van der Waals surface area (Å²) in [7, 11) is 2.20. The summed E-state index contributed by atoms with van der Waals surface area (Å²) in [6, 6.07) is 0. The average Bonchev–Trinajstić information content (AvgIpc) is 2.03. The lowest BCUT2D eigenvalue weighted by Crippen LogP contribution is -2.35. The van der Waals surface area contributed by atoms with Crippen LogP contribution in [0, 0.1) is 0 Å². The maximum absolute atomic E-state index is 3.34. The van der Waals surface area contributed by atoms with Gasteiger partial charge in [-0.15, -0.1) is 0 Å². The van der Waals surface area contributed by atoms with Crippen LogP contribution in [0.5, 0.6) is 0 Å². The molecule has 0 unspecified atom stereocenters. The minimum absolute atomic E-state index is 0.976. The largest absolute Gasteiger partial charge is 0.306 e. The van der Waals surface area contributed by atoms with E-state index in [9.17, 15) is 0 Å².